The first-order valence-electron chi connectivity index (χ1n) is 13.3. The van der Waals surface area contributed by atoms with E-state index in [0.717, 1.165) is 0 Å². The van der Waals surface area contributed by atoms with Crippen LogP contribution in [0.3, 0.4) is 0 Å². The Bertz CT molecular complexity index is 1390. The highest BCUT2D eigenvalue weighted by atomic mass is 31.2. The van der Waals surface area contributed by atoms with E-state index < -0.39 is 37.2 Å². The van der Waals surface area contributed by atoms with Crippen molar-refractivity contribution >= 4 is 54.5 Å². The highest BCUT2D eigenvalue weighted by Crippen LogP contribution is 2.50. The summed E-state index contributed by atoms with van der Waals surface area (Å²) < 4.78 is 28.8. The van der Waals surface area contributed by atoms with Crippen LogP contribution in [-0.4, -0.2) is 61.5 Å². The van der Waals surface area contributed by atoms with E-state index in [1.54, 1.807) is 31.2 Å². The lowest BCUT2D eigenvalue weighted by molar-refractivity contribution is -0.197. The predicted octanol–water partition coefficient (Wildman–Crippen LogP) is 3.82. The second-order valence-corrected chi connectivity index (χ2v) is 11.4. The molecule has 0 spiro atoms. The van der Waals surface area contributed by atoms with E-state index in [1.807, 2.05) is 0 Å². The summed E-state index contributed by atoms with van der Waals surface area (Å²) in [5.41, 5.74) is 1.34. The summed E-state index contributed by atoms with van der Waals surface area (Å²) in [4.78, 5) is 76.2. The number of benzene rings is 2. The highest BCUT2D eigenvalue weighted by Gasteiger charge is 2.32. The van der Waals surface area contributed by atoms with Crippen molar-refractivity contribution in [2.45, 2.75) is 45.2 Å². The molecule has 43 heavy (non-hydrogen) atoms. The highest BCUT2D eigenvalue weighted by molar-refractivity contribution is 7.59. The van der Waals surface area contributed by atoms with Crippen molar-refractivity contribution in [1.29, 1.82) is 0 Å². The Hall–Kier alpha value is -4.55. The fourth-order valence-corrected chi connectivity index (χ4v) is 5.91. The number of anilines is 2. The molecule has 1 heterocycles. The molecule has 2 aromatic carbocycles. The van der Waals surface area contributed by atoms with Crippen molar-refractivity contribution in [1.82, 2.24) is 5.06 Å². The predicted molar refractivity (Wildman–Crippen MR) is 152 cm³/mol. The van der Waals surface area contributed by atoms with Crippen molar-refractivity contribution in [3.05, 3.63) is 59.2 Å². The van der Waals surface area contributed by atoms with Gasteiger partial charge in [0.25, 0.3) is 19.3 Å². The molecule has 230 valence electrons. The molecule has 1 fully saturated rings. The first-order valence-corrected chi connectivity index (χ1v) is 15.1. The van der Waals surface area contributed by atoms with Gasteiger partial charge in [-0.1, -0.05) is 12.1 Å². The maximum Gasteiger partial charge on any atom is 0.337 e. The summed E-state index contributed by atoms with van der Waals surface area (Å²) in [6.45, 7) is 1.78. The lowest BCUT2D eigenvalue weighted by Crippen LogP contribution is -2.32. The van der Waals surface area contributed by atoms with Crippen LogP contribution in [0.25, 0.3) is 0 Å². The van der Waals surface area contributed by atoms with Gasteiger partial charge in [0.05, 0.1) is 38.1 Å². The third kappa shape index (κ3) is 9.48. The van der Waals surface area contributed by atoms with Crippen LogP contribution in [0.1, 0.15) is 65.3 Å². The van der Waals surface area contributed by atoms with Gasteiger partial charge in [-0.05, 0) is 49.2 Å². The first-order chi connectivity index (χ1) is 20.5. The van der Waals surface area contributed by atoms with Gasteiger partial charge in [0.2, 0.25) is 5.91 Å². The largest absolute Gasteiger partial charge is 0.465 e. The molecule has 3 rings (SSSR count). The zero-order valence-electron chi connectivity index (χ0n) is 23.9. The zero-order chi connectivity index (χ0) is 31.6. The van der Waals surface area contributed by atoms with Crippen molar-refractivity contribution < 1.29 is 52.2 Å². The Morgan fingerprint density at radius 1 is 0.860 bits per heavy atom. The summed E-state index contributed by atoms with van der Waals surface area (Å²) in [5, 5.41) is 5.97. The molecule has 1 aliphatic heterocycles. The maximum absolute atomic E-state index is 13.7. The van der Waals surface area contributed by atoms with Crippen molar-refractivity contribution in [2.75, 3.05) is 31.2 Å². The zero-order valence-corrected chi connectivity index (χ0v) is 24.8. The minimum atomic E-state index is -3.60. The van der Waals surface area contributed by atoms with Gasteiger partial charge in [0, 0.05) is 37.1 Å². The standard InChI is InChI=1S/C28H32N3O11P/c1-4-41-43(38,30-22-15-19(27(36)39-2)14-20(16-22)28(37)40-3)17-18-8-10-21(11-9-18)29-23(32)6-5-7-26(35)42-31-24(33)12-13-25(31)34/h8-11,14-16H,4-7,12-13,17H2,1-3H3,(H,29,32)(H,30,38). The molecule has 1 atom stereocenters. The molecule has 1 aliphatic rings. The summed E-state index contributed by atoms with van der Waals surface area (Å²) >= 11 is 0. The second kappa shape index (κ2) is 15.1. The molecular formula is C28H32N3O11P. The molecule has 1 unspecified atom stereocenters. The van der Waals surface area contributed by atoms with E-state index in [-0.39, 0.29) is 67.6 Å². The number of carbonyl (C=O) groups is 6. The first kappa shape index (κ1) is 33.0. The molecule has 0 aromatic heterocycles. The molecule has 3 amide bonds. The van der Waals surface area contributed by atoms with Crippen LogP contribution in [-0.2, 0) is 48.7 Å². The summed E-state index contributed by atoms with van der Waals surface area (Å²) in [7, 11) is -1.21. The Morgan fingerprint density at radius 3 is 1.98 bits per heavy atom. The summed E-state index contributed by atoms with van der Waals surface area (Å²) in [5.74, 6) is -3.71. The van der Waals surface area contributed by atoms with Gasteiger partial charge in [-0.15, -0.1) is 5.06 Å². The van der Waals surface area contributed by atoms with Crippen LogP contribution in [0.2, 0.25) is 0 Å². The molecule has 0 bridgehead atoms. The van der Waals surface area contributed by atoms with Gasteiger partial charge in [0.1, 0.15) is 0 Å². The van der Waals surface area contributed by atoms with E-state index in [9.17, 15) is 33.3 Å². The fraction of sp³-hybridized carbons (Fsp3) is 0.357. The molecule has 2 N–H and O–H groups in total. The maximum atomic E-state index is 13.7. The molecule has 0 saturated carbocycles. The Balaban J connectivity index is 1.59. The van der Waals surface area contributed by atoms with Crippen molar-refractivity contribution in [3.8, 4) is 0 Å². The number of hydrogen-bond acceptors (Lipinski definition) is 11. The third-order valence-electron chi connectivity index (χ3n) is 6.02. The van der Waals surface area contributed by atoms with Crippen LogP contribution >= 0.6 is 7.52 Å². The number of methoxy groups -OCH3 is 2. The number of ether oxygens (including phenoxy) is 2. The smallest absolute Gasteiger partial charge is 0.337 e. The molecule has 2 aromatic rings. The number of nitrogens with zero attached hydrogens (tertiary/aromatic N) is 1. The van der Waals surface area contributed by atoms with Gasteiger partial charge in [-0.2, -0.15) is 0 Å². The minimum Gasteiger partial charge on any atom is -0.465 e. The van der Waals surface area contributed by atoms with Crippen LogP contribution in [0, 0.1) is 0 Å². The van der Waals surface area contributed by atoms with E-state index in [1.165, 1.54) is 32.4 Å². The number of hydrogen-bond donors (Lipinski definition) is 2. The van der Waals surface area contributed by atoms with E-state index in [0.29, 0.717) is 16.3 Å². The lowest BCUT2D eigenvalue weighted by atomic mass is 10.1. The Morgan fingerprint density at radius 2 is 1.44 bits per heavy atom. The normalized spacial score (nSPS) is 14.1. The monoisotopic (exact) mass is 617 g/mol. The topological polar surface area (TPSA) is 184 Å². The SMILES string of the molecule is CCOP(=O)(Cc1ccc(NC(=O)CCCC(=O)ON2C(=O)CCC2=O)cc1)Nc1cc(C(=O)OC)cc(C(=O)OC)c1. The molecule has 0 radical (unpaired) electrons. The van der Waals surface area contributed by atoms with Gasteiger partial charge in [-0.3, -0.25) is 18.9 Å². The number of nitrogens with one attached hydrogen (secondary N) is 2. The van der Waals surface area contributed by atoms with Crippen molar-refractivity contribution in [2.24, 2.45) is 0 Å². The van der Waals surface area contributed by atoms with Gasteiger partial charge in [0.15, 0.2) is 0 Å². The van der Waals surface area contributed by atoms with Gasteiger partial charge < -0.3 is 29.2 Å². The number of imide groups is 1. The quantitative estimate of drug-likeness (QED) is 0.178. The number of carbonyl (C=O) groups excluding carboxylic acids is 6. The van der Waals surface area contributed by atoms with Crippen LogP contribution in [0.4, 0.5) is 11.4 Å². The summed E-state index contributed by atoms with van der Waals surface area (Å²) in [6.07, 6.45) is -0.106. The number of hydroxylamine groups is 2. The van der Waals surface area contributed by atoms with E-state index >= 15 is 0 Å². The molecule has 14 nitrogen and oxygen atoms in total. The average molecular weight is 618 g/mol. The van der Waals surface area contributed by atoms with E-state index in [2.05, 4.69) is 10.4 Å². The average Bonchev–Trinajstić information content (AvgIpc) is 3.29. The third-order valence-corrected chi connectivity index (χ3v) is 8.08. The van der Waals surface area contributed by atoms with Gasteiger partial charge in [-0.25, -0.2) is 14.4 Å². The van der Waals surface area contributed by atoms with Crippen molar-refractivity contribution in [3.63, 3.8) is 0 Å². The molecule has 1 saturated heterocycles. The van der Waals surface area contributed by atoms with Crippen LogP contribution < -0.4 is 10.4 Å². The number of esters is 2. The summed E-state index contributed by atoms with van der Waals surface area (Å²) in [6, 6.07) is 10.6. The minimum absolute atomic E-state index is 0.00417. The molecular weight excluding hydrogens is 585 g/mol. The molecule has 0 aliphatic carbocycles. The Kier molecular flexibility index (Phi) is 11.6. The fourth-order valence-electron chi connectivity index (χ4n) is 4.04. The second-order valence-electron chi connectivity index (χ2n) is 9.29. The van der Waals surface area contributed by atoms with Crippen LogP contribution in [0.5, 0.6) is 0 Å². The number of amides is 3. The molecule has 15 heteroatoms. The Labute approximate surface area is 247 Å². The van der Waals surface area contributed by atoms with E-state index in [4.69, 9.17) is 18.8 Å². The lowest BCUT2D eigenvalue weighted by Gasteiger charge is -2.21. The number of rotatable bonds is 14. The van der Waals surface area contributed by atoms with Gasteiger partial charge >= 0.3 is 17.9 Å². The van der Waals surface area contributed by atoms with Crippen LogP contribution in [0.15, 0.2) is 42.5 Å².